The first kappa shape index (κ1) is 18.3. The second kappa shape index (κ2) is 7.52. The van der Waals surface area contributed by atoms with Crippen molar-refractivity contribution in [1.29, 1.82) is 0 Å². The monoisotopic (exact) mass is 417 g/mol. The molecule has 27 heavy (non-hydrogen) atoms. The summed E-state index contributed by atoms with van der Waals surface area (Å²) in [7, 11) is 1.65. The molecule has 0 saturated heterocycles. The molecule has 0 aliphatic heterocycles. The van der Waals surface area contributed by atoms with Gasteiger partial charge in [0.2, 0.25) is 0 Å². The fourth-order valence-corrected chi connectivity index (χ4v) is 5.01. The number of amides is 1. The van der Waals surface area contributed by atoms with E-state index in [1.165, 1.54) is 22.7 Å². The van der Waals surface area contributed by atoms with E-state index in [2.05, 4.69) is 9.98 Å². The molecule has 5 nitrogen and oxygen atoms in total. The maximum atomic E-state index is 12.8. The number of para-hydroxylation sites is 1. The number of rotatable bonds is 4. The molecule has 2 aromatic heterocycles. The summed E-state index contributed by atoms with van der Waals surface area (Å²) in [6.07, 6.45) is 0. The molecule has 0 bridgehead atoms. The van der Waals surface area contributed by atoms with Crippen molar-refractivity contribution in [2.75, 3.05) is 13.7 Å². The van der Waals surface area contributed by atoms with E-state index in [0.717, 1.165) is 26.0 Å². The number of carbonyl (C=O) groups excluding carboxylic acids is 1. The highest BCUT2D eigenvalue weighted by molar-refractivity contribution is 7.20. The Kier molecular flexibility index (Phi) is 5.10. The summed E-state index contributed by atoms with van der Waals surface area (Å²) in [6.45, 7) is 3.07. The first-order valence-corrected chi connectivity index (χ1v) is 10.3. The molecule has 0 spiro atoms. The summed E-state index contributed by atoms with van der Waals surface area (Å²) in [5.74, 6) is -0.335. The van der Waals surface area contributed by atoms with E-state index >= 15 is 0 Å². The second-order valence-electron chi connectivity index (χ2n) is 5.95. The molecule has 0 N–H and O–H groups in total. The van der Waals surface area contributed by atoms with Gasteiger partial charge < -0.3 is 9.30 Å². The zero-order valence-electron chi connectivity index (χ0n) is 14.7. The van der Waals surface area contributed by atoms with Crippen LogP contribution in [0.15, 0.2) is 41.4 Å². The molecule has 0 radical (unpaired) electrons. The molecule has 0 atom stereocenters. The van der Waals surface area contributed by atoms with Crippen molar-refractivity contribution < 1.29 is 9.53 Å². The molecule has 2 aromatic carbocycles. The van der Waals surface area contributed by atoms with Crippen LogP contribution in [0.1, 0.15) is 15.4 Å². The summed E-state index contributed by atoms with van der Waals surface area (Å²) < 4.78 is 9.23. The lowest BCUT2D eigenvalue weighted by Crippen LogP contribution is -2.19. The van der Waals surface area contributed by atoms with Crippen LogP contribution < -0.4 is 4.80 Å². The Morgan fingerprint density at radius 2 is 2.04 bits per heavy atom. The third kappa shape index (κ3) is 3.43. The van der Waals surface area contributed by atoms with Crippen LogP contribution >= 0.6 is 34.3 Å². The number of halogens is 1. The Balaban J connectivity index is 1.86. The predicted molar refractivity (Wildman–Crippen MR) is 111 cm³/mol. The minimum absolute atomic E-state index is 0.335. The zero-order valence-corrected chi connectivity index (χ0v) is 17.1. The van der Waals surface area contributed by atoms with Gasteiger partial charge in [0, 0.05) is 18.7 Å². The summed E-state index contributed by atoms with van der Waals surface area (Å²) >= 11 is 9.13. The first-order valence-electron chi connectivity index (χ1n) is 8.30. The predicted octanol–water partition coefficient (Wildman–Crippen LogP) is 4.66. The quantitative estimate of drug-likeness (QED) is 0.485. The zero-order chi connectivity index (χ0) is 19.0. The van der Waals surface area contributed by atoms with Crippen LogP contribution in [0.5, 0.6) is 0 Å². The van der Waals surface area contributed by atoms with E-state index in [4.69, 9.17) is 16.3 Å². The van der Waals surface area contributed by atoms with Gasteiger partial charge in [-0.05, 0) is 36.8 Å². The molecular weight excluding hydrogens is 402 g/mol. The van der Waals surface area contributed by atoms with E-state index in [9.17, 15) is 4.79 Å². The minimum Gasteiger partial charge on any atom is -0.383 e. The number of ether oxygens (including phenoxy) is 1. The SMILES string of the molecule is COCCn1c(=NC(=O)c2nc3ccccc3s2)sc2ccc(Cl)c(C)c21. The third-order valence-corrected chi connectivity index (χ3v) is 6.70. The molecule has 1 amide bonds. The van der Waals surface area contributed by atoms with Gasteiger partial charge in [-0.25, -0.2) is 4.98 Å². The second-order valence-corrected chi connectivity index (χ2v) is 8.40. The Bertz CT molecular complexity index is 1190. The molecular formula is C19H16ClN3O2S2. The Hall–Kier alpha value is -2.06. The summed E-state index contributed by atoms with van der Waals surface area (Å²) in [5.41, 5.74) is 2.77. The molecule has 138 valence electrons. The van der Waals surface area contributed by atoms with Crippen LogP contribution in [0.2, 0.25) is 5.02 Å². The van der Waals surface area contributed by atoms with Gasteiger partial charge in [-0.1, -0.05) is 35.1 Å². The van der Waals surface area contributed by atoms with Gasteiger partial charge in [-0.3, -0.25) is 4.79 Å². The molecule has 2 heterocycles. The van der Waals surface area contributed by atoms with Crippen LogP contribution in [0.4, 0.5) is 0 Å². The van der Waals surface area contributed by atoms with Crippen molar-refractivity contribution in [3.8, 4) is 0 Å². The number of carbonyl (C=O) groups is 1. The molecule has 0 aliphatic rings. The summed E-state index contributed by atoms with van der Waals surface area (Å²) in [6, 6.07) is 11.5. The van der Waals surface area contributed by atoms with Crippen molar-refractivity contribution in [3.63, 3.8) is 0 Å². The molecule has 4 rings (SSSR count). The van der Waals surface area contributed by atoms with Crippen LogP contribution in [0.3, 0.4) is 0 Å². The lowest BCUT2D eigenvalue weighted by atomic mass is 10.2. The highest BCUT2D eigenvalue weighted by Gasteiger charge is 2.15. The third-order valence-electron chi connectivity index (χ3n) is 4.22. The lowest BCUT2D eigenvalue weighted by Gasteiger charge is -2.07. The van der Waals surface area contributed by atoms with Crippen molar-refractivity contribution in [1.82, 2.24) is 9.55 Å². The molecule has 8 heteroatoms. The fraction of sp³-hybridized carbons (Fsp3) is 0.211. The van der Waals surface area contributed by atoms with Crippen LogP contribution in [-0.4, -0.2) is 29.2 Å². The van der Waals surface area contributed by atoms with Crippen LogP contribution in [0, 0.1) is 6.92 Å². The highest BCUT2D eigenvalue weighted by atomic mass is 35.5. The maximum absolute atomic E-state index is 12.8. The Morgan fingerprint density at radius 1 is 1.22 bits per heavy atom. The lowest BCUT2D eigenvalue weighted by molar-refractivity contribution is 0.0997. The van der Waals surface area contributed by atoms with Gasteiger partial charge >= 0.3 is 5.91 Å². The topological polar surface area (TPSA) is 56.5 Å². The minimum atomic E-state index is -0.335. The van der Waals surface area contributed by atoms with Gasteiger partial charge in [0.1, 0.15) is 0 Å². The normalized spacial score (nSPS) is 12.3. The largest absolute Gasteiger partial charge is 0.383 e. The van der Waals surface area contributed by atoms with E-state index in [1.807, 2.05) is 47.9 Å². The Morgan fingerprint density at radius 3 is 2.81 bits per heavy atom. The number of hydrogen-bond donors (Lipinski definition) is 0. The molecule has 0 aliphatic carbocycles. The van der Waals surface area contributed by atoms with Gasteiger partial charge in [-0.2, -0.15) is 4.99 Å². The van der Waals surface area contributed by atoms with Gasteiger partial charge in [-0.15, -0.1) is 11.3 Å². The van der Waals surface area contributed by atoms with Gasteiger partial charge in [0.25, 0.3) is 0 Å². The van der Waals surface area contributed by atoms with Crippen LogP contribution in [-0.2, 0) is 11.3 Å². The van der Waals surface area contributed by atoms with E-state index in [-0.39, 0.29) is 5.91 Å². The molecule has 0 saturated carbocycles. The number of methoxy groups -OCH3 is 1. The highest BCUT2D eigenvalue weighted by Crippen LogP contribution is 2.27. The van der Waals surface area contributed by atoms with Crippen molar-refractivity contribution in [2.24, 2.45) is 4.99 Å². The fourth-order valence-electron chi connectivity index (χ4n) is 2.89. The number of aromatic nitrogens is 2. The van der Waals surface area contributed by atoms with E-state index in [0.29, 0.717) is 28.0 Å². The number of nitrogens with zero attached hydrogens (tertiary/aromatic N) is 3. The molecule has 0 unspecified atom stereocenters. The van der Waals surface area contributed by atoms with Crippen molar-refractivity contribution in [3.05, 3.63) is 56.8 Å². The number of hydrogen-bond acceptors (Lipinski definition) is 5. The maximum Gasteiger partial charge on any atom is 0.308 e. The first-order chi connectivity index (χ1) is 13.1. The molecule has 4 aromatic rings. The van der Waals surface area contributed by atoms with Gasteiger partial charge in [0.05, 0.1) is 27.0 Å². The molecule has 0 fully saturated rings. The average molecular weight is 418 g/mol. The number of fused-ring (bicyclic) bond motifs is 2. The number of benzene rings is 2. The summed E-state index contributed by atoms with van der Waals surface area (Å²) in [5, 5.41) is 1.08. The van der Waals surface area contributed by atoms with E-state index in [1.54, 1.807) is 7.11 Å². The van der Waals surface area contributed by atoms with E-state index < -0.39 is 0 Å². The Labute approximate surface area is 168 Å². The number of aryl methyl sites for hydroxylation is 1. The van der Waals surface area contributed by atoms with Crippen molar-refractivity contribution in [2.45, 2.75) is 13.5 Å². The average Bonchev–Trinajstić information content (AvgIpc) is 3.25. The standard InChI is InChI=1S/C19H16ClN3O2S2/c1-11-12(20)7-8-15-16(11)23(9-10-25-2)19(27-15)22-17(24)18-21-13-5-3-4-6-14(13)26-18/h3-8H,9-10H2,1-2H3. The smallest absolute Gasteiger partial charge is 0.308 e. The van der Waals surface area contributed by atoms with Gasteiger partial charge in [0.15, 0.2) is 9.81 Å². The van der Waals surface area contributed by atoms with Crippen LogP contribution in [0.25, 0.3) is 20.4 Å². The van der Waals surface area contributed by atoms with Crippen molar-refractivity contribution >= 4 is 60.6 Å². The number of thiazole rings is 2. The summed E-state index contributed by atoms with van der Waals surface area (Å²) in [4.78, 5) is 22.2.